The Morgan fingerprint density at radius 2 is 1.23 bits per heavy atom. The van der Waals surface area contributed by atoms with Crippen molar-refractivity contribution in [2.45, 2.75) is 97.7 Å². The van der Waals surface area contributed by atoms with Gasteiger partial charge < -0.3 is 10.2 Å². The molecule has 6 aromatic rings. The van der Waals surface area contributed by atoms with Crippen molar-refractivity contribution in [3.63, 3.8) is 0 Å². The molecule has 8 heteroatoms. The maximum atomic E-state index is 13.2. The number of carbonyl (C=O) groups excluding carboxylic acids is 1. The van der Waals surface area contributed by atoms with Crippen LogP contribution in [0.4, 0.5) is 0 Å². The molecule has 298 valence electrons. The molecule has 4 aromatic carbocycles. The van der Waals surface area contributed by atoms with Crippen LogP contribution in [0.25, 0.3) is 20.9 Å². The molecule has 5 nitrogen and oxygen atoms in total. The standard InChI is InChI=1S/C49H59N3O2S2Si/c1-34(2)31-37-22-20-36(21-23-37)15-14-29-49(41-26-24-38(25-27-41)32-35(3)4,48-52-47(54-57(5,6)7)46(56-48)40-18-12-9-13-19-40)30-28-43-51-44(42(53)33-50)45(55-43)39-16-10-8-11-17-39/h8-13,16-27,34-35H,14-15,28-33,50H2,1-7H3. The summed E-state index contributed by atoms with van der Waals surface area (Å²) in [4.78, 5) is 25.7. The Morgan fingerprint density at radius 3 is 1.77 bits per heavy atom. The molecule has 0 saturated heterocycles. The summed E-state index contributed by atoms with van der Waals surface area (Å²) in [5, 5.41) is 2.00. The molecule has 0 fully saturated rings. The van der Waals surface area contributed by atoms with E-state index >= 15 is 0 Å². The van der Waals surface area contributed by atoms with Crippen molar-refractivity contribution in [1.82, 2.24) is 9.97 Å². The largest absolute Gasteiger partial charge is 0.530 e. The Morgan fingerprint density at radius 1 is 0.684 bits per heavy atom. The highest BCUT2D eigenvalue weighted by atomic mass is 32.1. The van der Waals surface area contributed by atoms with Crippen molar-refractivity contribution in [3.05, 3.63) is 147 Å². The van der Waals surface area contributed by atoms with Crippen LogP contribution in [-0.4, -0.2) is 30.6 Å². The number of aromatic nitrogens is 2. The van der Waals surface area contributed by atoms with Gasteiger partial charge in [-0.3, -0.25) is 4.79 Å². The molecule has 57 heavy (non-hydrogen) atoms. The van der Waals surface area contributed by atoms with Gasteiger partial charge in [-0.1, -0.05) is 137 Å². The lowest BCUT2D eigenvalue weighted by Gasteiger charge is -2.33. The fourth-order valence-electron chi connectivity index (χ4n) is 7.59. The van der Waals surface area contributed by atoms with Crippen LogP contribution in [0.2, 0.25) is 19.6 Å². The number of thiazole rings is 2. The van der Waals surface area contributed by atoms with Crippen molar-refractivity contribution in [2.24, 2.45) is 17.6 Å². The molecule has 0 aliphatic rings. The van der Waals surface area contributed by atoms with Crippen molar-refractivity contribution in [1.29, 1.82) is 0 Å². The van der Waals surface area contributed by atoms with Gasteiger partial charge in [-0.25, -0.2) is 9.97 Å². The molecule has 0 spiro atoms. The van der Waals surface area contributed by atoms with Gasteiger partial charge in [0.25, 0.3) is 0 Å². The fraction of sp³-hybridized carbons (Fsp3) is 0.367. The second kappa shape index (κ2) is 19.0. The Kier molecular flexibility index (Phi) is 14.2. The lowest BCUT2D eigenvalue weighted by atomic mass is 9.73. The number of hydrogen-bond donors (Lipinski definition) is 1. The first kappa shape index (κ1) is 42.4. The van der Waals surface area contributed by atoms with Crippen molar-refractivity contribution in [3.8, 4) is 26.8 Å². The molecule has 0 radical (unpaired) electrons. The lowest BCUT2D eigenvalue weighted by molar-refractivity contribution is 0.0997. The van der Waals surface area contributed by atoms with E-state index < -0.39 is 13.7 Å². The van der Waals surface area contributed by atoms with E-state index in [1.807, 2.05) is 30.3 Å². The zero-order valence-corrected chi connectivity index (χ0v) is 37.4. The Labute approximate surface area is 349 Å². The summed E-state index contributed by atoms with van der Waals surface area (Å²) in [6.45, 7) is 15.7. The molecule has 1 unspecified atom stereocenters. The third-order valence-corrected chi connectivity index (χ3v) is 13.5. The Hall–Kier alpha value is -4.21. The monoisotopic (exact) mass is 813 g/mol. The van der Waals surface area contributed by atoms with E-state index in [2.05, 4.69) is 126 Å². The lowest BCUT2D eigenvalue weighted by Crippen LogP contribution is -2.31. The second-order valence-electron chi connectivity index (χ2n) is 17.2. The van der Waals surface area contributed by atoms with Crippen LogP contribution in [0.15, 0.2) is 109 Å². The van der Waals surface area contributed by atoms with Gasteiger partial charge >= 0.3 is 0 Å². The van der Waals surface area contributed by atoms with Gasteiger partial charge in [0.1, 0.15) is 10.7 Å². The molecular formula is C49H59N3O2S2Si. The molecular weight excluding hydrogens is 755 g/mol. The molecule has 2 N–H and O–H groups in total. The van der Waals surface area contributed by atoms with Gasteiger partial charge in [0, 0.05) is 11.8 Å². The number of hydrogen-bond acceptors (Lipinski definition) is 7. The first-order valence-corrected chi connectivity index (χ1v) is 25.6. The van der Waals surface area contributed by atoms with Crippen molar-refractivity contribution < 1.29 is 9.22 Å². The Balaban J connectivity index is 1.47. The van der Waals surface area contributed by atoms with Crippen molar-refractivity contribution in [2.75, 3.05) is 6.54 Å². The van der Waals surface area contributed by atoms with Crippen LogP contribution in [0, 0.1) is 11.8 Å². The number of Topliss-reactive ketones (excluding diaryl/α,β-unsaturated/α-hetero) is 1. The summed E-state index contributed by atoms with van der Waals surface area (Å²) in [5.74, 6) is 1.79. The maximum Gasteiger partial charge on any atom is 0.244 e. The number of benzene rings is 4. The smallest absolute Gasteiger partial charge is 0.244 e. The predicted octanol–water partition coefficient (Wildman–Crippen LogP) is 12.6. The van der Waals surface area contributed by atoms with E-state index in [9.17, 15) is 4.79 Å². The van der Waals surface area contributed by atoms with Gasteiger partial charge in [0.05, 0.1) is 21.3 Å². The average molecular weight is 814 g/mol. The van der Waals surface area contributed by atoms with Crippen molar-refractivity contribution >= 4 is 36.8 Å². The van der Waals surface area contributed by atoms with Crippen LogP contribution < -0.4 is 10.2 Å². The average Bonchev–Trinajstić information content (AvgIpc) is 3.81. The summed E-state index contributed by atoms with van der Waals surface area (Å²) < 4.78 is 6.82. The predicted molar refractivity (Wildman–Crippen MR) is 244 cm³/mol. The molecule has 0 amide bonds. The van der Waals surface area contributed by atoms with E-state index in [4.69, 9.17) is 20.1 Å². The van der Waals surface area contributed by atoms with Gasteiger partial charge in [-0.05, 0) is 103 Å². The SMILES string of the molecule is CC(C)Cc1ccc(CCCC(CCc2nc(C(=O)CN)c(-c3ccccc3)s2)(c2ccc(CC(C)C)cc2)c2nc(O[Si](C)(C)C)c(-c3ccccc3)s2)cc1. The summed E-state index contributed by atoms with van der Waals surface area (Å²) in [6.07, 6.45) is 6.42. The molecule has 0 aliphatic carbocycles. The third-order valence-electron chi connectivity index (χ3n) is 10.3. The van der Waals surface area contributed by atoms with E-state index in [-0.39, 0.29) is 12.3 Å². The minimum absolute atomic E-state index is 0.0740. The molecule has 0 aliphatic heterocycles. The quantitative estimate of drug-likeness (QED) is 0.0651. The third kappa shape index (κ3) is 11.0. The highest BCUT2D eigenvalue weighted by Gasteiger charge is 2.39. The highest BCUT2D eigenvalue weighted by Crippen LogP contribution is 2.49. The van der Waals surface area contributed by atoms with E-state index in [1.165, 1.54) is 22.3 Å². The minimum atomic E-state index is -2.02. The van der Waals surface area contributed by atoms with Gasteiger partial charge in [0.15, 0.2) is 5.78 Å². The summed E-state index contributed by atoms with van der Waals surface area (Å²) >= 11 is 3.38. The van der Waals surface area contributed by atoms with Crippen LogP contribution >= 0.6 is 22.7 Å². The van der Waals surface area contributed by atoms with Crippen LogP contribution in [0.3, 0.4) is 0 Å². The number of nitrogens with two attached hydrogens (primary N) is 1. The van der Waals surface area contributed by atoms with Crippen LogP contribution in [0.1, 0.15) is 89.7 Å². The fourth-order valence-corrected chi connectivity index (χ4v) is 10.8. The normalized spacial score (nSPS) is 12.9. The highest BCUT2D eigenvalue weighted by molar-refractivity contribution is 7.16. The molecule has 1 atom stereocenters. The van der Waals surface area contributed by atoms with E-state index in [0.29, 0.717) is 24.0 Å². The summed E-state index contributed by atoms with van der Waals surface area (Å²) in [5.41, 5.74) is 13.4. The second-order valence-corrected chi connectivity index (χ2v) is 23.7. The topological polar surface area (TPSA) is 78.1 Å². The summed E-state index contributed by atoms with van der Waals surface area (Å²) in [7, 11) is -2.02. The zero-order valence-electron chi connectivity index (χ0n) is 34.8. The first-order chi connectivity index (χ1) is 27.3. The number of aryl methyl sites for hydroxylation is 2. The number of nitrogens with zero attached hydrogens (tertiary/aromatic N) is 2. The molecule has 0 bridgehead atoms. The minimum Gasteiger partial charge on any atom is -0.530 e. The summed E-state index contributed by atoms with van der Waals surface area (Å²) in [6, 6.07) is 39.2. The molecule has 0 saturated carbocycles. The van der Waals surface area contributed by atoms with Crippen LogP contribution in [0.5, 0.6) is 5.88 Å². The first-order valence-electron chi connectivity index (χ1n) is 20.5. The van der Waals surface area contributed by atoms with E-state index in [1.54, 1.807) is 22.7 Å². The molecule has 2 heterocycles. The Bertz CT molecular complexity index is 2190. The van der Waals surface area contributed by atoms with Crippen LogP contribution in [-0.2, 0) is 31.1 Å². The number of ketones is 1. The number of carbonyl (C=O) groups is 1. The van der Waals surface area contributed by atoms with E-state index in [0.717, 1.165) is 75.3 Å². The van der Waals surface area contributed by atoms with Gasteiger partial charge in [-0.2, -0.15) is 0 Å². The molecule has 2 aromatic heterocycles. The number of rotatable bonds is 19. The molecule has 6 rings (SSSR count). The maximum absolute atomic E-state index is 13.2. The van der Waals surface area contributed by atoms with Gasteiger partial charge in [-0.15, -0.1) is 22.7 Å². The zero-order chi connectivity index (χ0) is 40.6. The van der Waals surface area contributed by atoms with Gasteiger partial charge in [0.2, 0.25) is 14.2 Å².